The van der Waals surface area contributed by atoms with Gasteiger partial charge in [-0.1, -0.05) is 118 Å². The van der Waals surface area contributed by atoms with E-state index in [-0.39, 0.29) is 5.41 Å². The van der Waals surface area contributed by atoms with Crippen LogP contribution in [-0.2, 0) is 5.41 Å². The summed E-state index contributed by atoms with van der Waals surface area (Å²) in [5, 5.41) is 0. The normalized spacial score (nSPS) is 23.4. The summed E-state index contributed by atoms with van der Waals surface area (Å²) in [6.45, 7) is 7.29. The molecule has 0 saturated heterocycles. The summed E-state index contributed by atoms with van der Waals surface area (Å²) in [5.74, 6) is 3.32. The zero-order valence-corrected chi connectivity index (χ0v) is 32.9. The fourth-order valence-corrected chi connectivity index (χ4v) is 10.7. The Morgan fingerprint density at radius 1 is 0.436 bits per heavy atom. The van der Waals surface area contributed by atoms with E-state index in [2.05, 4.69) is 194 Å². The Kier molecular flexibility index (Phi) is 9.63. The van der Waals surface area contributed by atoms with Crippen molar-refractivity contribution in [3.63, 3.8) is 0 Å². The Hall–Kier alpha value is -5.08. The van der Waals surface area contributed by atoms with Crippen LogP contribution in [0.15, 0.2) is 164 Å². The minimum Gasteiger partial charge on any atom is -0.311 e. The van der Waals surface area contributed by atoms with Crippen LogP contribution in [0.1, 0.15) is 94.7 Å². The summed E-state index contributed by atoms with van der Waals surface area (Å²) in [6.07, 6.45) is 10.5. The molecule has 0 spiro atoms. The number of fused-ring (bicyclic) bond motifs is 2. The number of nitrogens with zero attached hydrogens (tertiary/aromatic N) is 2. The summed E-state index contributed by atoms with van der Waals surface area (Å²) in [6, 6.07) is 61.2. The van der Waals surface area contributed by atoms with Gasteiger partial charge >= 0.3 is 0 Å². The first-order chi connectivity index (χ1) is 26.9. The molecule has 0 heterocycles. The topological polar surface area (TPSA) is 6.48 Å². The molecule has 2 heteroatoms. The van der Waals surface area contributed by atoms with Gasteiger partial charge in [0.15, 0.2) is 0 Å². The maximum Gasteiger partial charge on any atom is 0.0461 e. The van der Waals surface area contributed by atoms with Crippen LogP contribution in [0.3, 0.4) is 0 Å². The third kappa shape index (κ3) is 7.01. The van der Waals surface area contributed by atoms with E-state index < -0.39 is 0 Å². The number of benzene rings is 6. The lowest BCUT2D eigenvalue weighted by atomic mass is 9.59. The van der Waals surface area contributed by atoms with Crippen LogP contribution in [0.4, 0.5) is 34.1 Å². The molecular formula is C53H56N2. The lowest BCUT2D eigenvalue weighted by Gasteiger charge is -2.45. The van der Waals surface area contributed by atoms with E-state index in [9.17, 15) is 0 Å². The predicted molar refractivity (Wildman–Crippen MR) is 233 cm³/mol. The molecule has 2 nitrogen and oxygen atoms in total. The summed E-state index contributed by atoms with van der Waals surface area (Å²) in [5.41, 5.74) is 11.8. The maximum absolute atomic E-state index is 2.44. The fraction of sp³-hybridized carbons (Fsp3) is 0.321. The molecule has 3 aliphatic rings. The van der Waals surface area contributed by atoms with Gasteiger partial charge in [0, 0.05) is 39.5 Å². The van der Waals surface area contributed by atoms with Crippen LogP contribution >= 0.6 is 0 Å². The molecule has 3 unspecified atom stereocenters. The van der Waals surface area contributed by atoms with Crippen LogP contribution in [0.5, 0.6) is 0 Å². The molecule has 6 aromatic rings. The van der Waals surface area contributed by atoms with Gasteiger partial charge in [0.2, 0.25) is 0 Å². The van der Waals surface area contributed by atoms with E-state index in [1.165, 1.54) is 89.3 Å². The second kappa shape index (κ2) is 14.9. The zero-order chi connectivity index (χ0) is 37.4. The van der Waals surface area contributed by atoms with Crippen LogP contribution in [0.25, 0.3) is 0 Å². The molecular weight excluding hydrogens is 665 g/mol. The van der Waals surface area contributed by atoms with Crippen LogP contribution in [0.2, 0.25) is 0 Å². The molecule has 278 valence electrons. The average Bonchev–Trinajstić information content (AvgIpc) is 3.88. The van der Waals surface area contributed by atoms with E-state index >= 15 is 0 Å². The van der Waals surface area contributed by atoms with Gasteiger partial charge in [-0.15, -0.1) is 0 Å². The monoisotopic (exact) mass is 720 g/mol. The number of hydrogen-bond acceptors (Lipinski definition) is 2. The second-order valence-corrected chi connectivity index (χ2v) is 17.9. The quantitative estimate of drug-likeness (QED) is 0.147. The second-order valence-electron chi connectivity index (χ2n) is 17.9. The minimum absolute atomic E-state index is 0.0387. The number of para-hydroxylation sites is 3. The molecule has 0 aliphatic heterocycles. The van der Waals surface area contributed by atoms with Gasteiger partial charge in [-0.2, -0.15) is 0 Å². The molecule has 0 radical (unpaired) electrons. The molecule has 3 saturated carbocycles. The van der Waals surface area contributed by atoms with Crippen molar-refractivity contribution in [1.29, 1.82) is 0 Å². The molecule has 3 fully saturated rings. The first-order valence-electron chi connectivity index (χ1n) is 20.9. The Bertz CT molecular complexity index is 2100. The average molecular weight is 721 g/mol. The van der Waals surface area contributed by atoms with E-state index in [0.29, 0.717) is 5.41 Å². The highest BCUT2D eigenvalue weighted by Gasteiger charge is 2.42. The number of hydrogen-bond donors (Lipinski definition) is 0. The smallest absolute Gasteiger partial charge is 0.0461 e. The molecule has 3 aliphatic carbocycles. The van der Waals surface area contributed by atoms with Crippen molar-refractivity contribution in [2.24, 2.45) is 23.2 Å². The molecule has 9 rings (SSSR count). The Labute approximate surface area is 329 Å². The maximum atomic E-state index is 2.44. The highest BCUT2D eigenvalue weighted by Crippen LogP contribution is 2.54. The van der Waals surface area contributed by atoms with Gasteiger partial charge in [-0.3, -0.25) is 0 Å². The van der Waals surface area contributed by atoms with Gasteiger partial charge < -0.3 is 9.80 Å². The summed E-state index contributed by atoms with van der Waals surface area (Å²) >= 11 is 0. The first kappa shape index (κ1) is 35.6. The van der Waals surface area contributed by atoms with Crippen LogP contribution in [0, 0.1) is 23.2 Å². The molecule has 2 bridgehead atoms. The molecule has 55 heavy (non-hydrogen) atoms. The zero-order valence-electron chi connectivity index (χ0n) is 32.9. The van der Waals surface area contributed by atoms with Crippen molar-refractivity contribution >= 4 is 34.1 Å². The molecule has 0 amide bonds. The molecule has 6 aromatic carbocycles. The summed E-state index contributed by atoms with van der Waals surface area (Å²) in [7, 11) is 0. The fourth-order valence-electron chi connectivity index (χ4n) is 10.7. The molecule has 0 N–H and O–H groups in total. The number of anilines is 6. The Morgan fingerprint density at radius 2 is 0.836 bits per heavy atom. The molecule has 3 atom stereocenters. The van der Waals surface area contributed by atoms with Crippen molar-refractivity contribution in [3.8, 4) is 0 Å². The van der Waals surface area contributed by atoms with E-state index in [0.717, 1.165) is 36.5 Å². The SMILES string of the molecule is CC(C)(C)C1CCC(c2ccc(N(c3ccccc3)c3ccccc3)cc2)(c2ccc(N(c3ccccc3)c3ccc(C4CC5CCC4C5)cc3)cc2)CC1. The van der Waals surface area contributed by atoms with Crippen molar-refractivity contribution in [1.82, 2.24) is 0 Å². The standard InChI is InChI=1S/C53H56N2/c1-52(2,3)42-33-35-53(36-34-42,43-23-29-49(30-24-43)54(45-13-7-4-8-14-45)46-15-9-5-10-16-46)44-25-31-50(32-26-44)55(47-17-11-6-12-18-47)48-27-21-40(22-28-48)51-38-39-19-20-41(51)37-39/h4-18,21-32,39,41-42,51H,19-20,33-38H2,1-3H3. The largest absolute Gasteiger partial charge is 0.311 e. The summed E-state index contributed by atoms with van der Waals surface area (Å²) in [4.78, 5) is 4.80. The van der Waals surface area contributed by atoms with Crippen molar-refractivity contribution in [3.05, 3.63) is 180 Å². The van der Waals surface area contributed by atoms with Crippen LogP contribution in [-0.4, -0.2) is 0 Å². The number of rotatable bonds is 9. The lowest BCUT2D eigenvalue weighted by Crippen LogP contribution is -2.36. The Morgan fingerprint density at radius 3 is 1.20 bits per heavy atom. The van der Waals surface area contributed by atoms with Crippen LogP contribution < -0.4 is 9.80 Å². The van der Waals surface area contributed by atoms with Gasteiger partial charge in [0.05, 0.1) is 0 Å². The third-order valence-corrected chi connectivity index (χ3v) is 13.8. The third-order valence-electron chi connectivity index (χ3n) is 13.8. The van der Waals surface area contributed by atoms with Gasteiger partial charge in [-0.05, 0) is 164 Å². The van der Waals surface area contributed by atoms with Crippen molar-refractivity contribution in [2.75, 3.05) is 9.80 Å². The minimum atomic E-state index is -0.0387. The Balaban J connectivity index is 1.06. The summed E-state index contributed by atoms with van der Waals surface area (Å²) < 4.78 is 0. The van der Waals surface area contributed by atoms with Gasteiger partial charge in [0.1, 0.15) is 0 Å². The highest BCUT2D eigenvalue weighted by atomic mass is 15.1. The first-order valence-corrected chi connectivity index (χ1v) is 20.9. The van der Waals surface area contributed by atoms with E-state index in [4.69, 9.17) is 0 Å². The van der Waals surface area contributed by atoms with Crippen molar-refractivity contribution < 1.29 is 0 Å². The predicted octanol–water partition coefficient (Wildman–Crippen LogP) is 15.1. The van der Waals surface area contributed by atoms with Gasteiger partial charge in [-0.25, -0.2) is 0 Å². The lowest BCUT2D eigenvalue weighted by molar-refractivity contribution is 0.146. The molecule has 0 aromatic heterocycles. The highest BCUT2D eigenvalue weighted by molar-refractivity contribution is 5.78. The van der Waals surface area contributed by atoms with Crippen molar-refractivity contribution in [2.45, 2.75) is 83.5 Å². The van der Waals surface area contributed by atoms with Gasteiger partial charge in [0.25, 0.3) is 0 Å². The van der Waals surface area contributed by atoms with E-state index in [1.54, 1.807) is 0 Å². The van der Waals surface area contributed by atoms with E-state index in [1.807, 2.05) is 0 Å².